The van der Waals surface area contributed by atoms with Gasteiger partial charge in [0.05, 0.1) is 29.9 Å². The van der Waals surface area contributed by atoms with Crippen molar-refractivity contribution in [2.24, 2.45) is 5.92 Å². The topological polar surface area (TPSA) is 86.5 Å². The molecule has 1 aliphatic heterocycles. The van der Waals surface area contributed by atoms with Gasteiger partial charge in [0.25, 0.3) is 0 Å². The van der Waals surface area contributed by atoms with E-state index in [-0.39, 0.29) is 41.7 Å². The van der Waals surface area contributed by atoms with Crippen LogP contribution in [0.1, 0.15) is 25.3 Å². The monoisotopic (exact) mass is 425 g/mol. The molecule has 0 amide bonds. The number of rotatable bonds is 4. The Morgan fingerprint density at radius 2 is 2.24 bits per heavy atom. The third kappa shape index (κ3) is 4.45. The van der Waals surface area contributed by atoms with Gasteiger partial charge in [0, 0.05) is 17.5 Å². The fourth-order valence-corrected chi connectivity index (χ4v) is 4.21. The van der Waals surface area contributed by atoms with Crippen molar-refractivity contribution >= 4 is 22.4 Å². The smallest absolute Gasteiger partial charge is 0.408 e. The molecule has 0 saturated carbocycles. The lowest BCUT2D eigenvalue weighted by Gasteiger charge is -2.39. The Hall–Kier alpha value is -2.80. The first-order chi connectivity index (χ1) is 13.7. The number of halogens is 3. The zero-order valence-electron chi connectivity index (χ0n) is 15.4. The quantitative estimate of drug-likeness (QED) is 0.743. The molecule has 10 heteroatoms. The van der Waals surface area contributed by atoms with Gasteiger partial charge in [0.2, 0.25) is 0 Å². The largest absolute Gasteiger partial charge is 0.507 e. The van der Waals surface area contributed by atoms with Gasteiger partial charge >= 0.3 is 12.1 Å². The summed E-state index contributed by atoms with van der Waals surface area (Å²) in [7, 11) is 0. The number of piperidine rings is 1. The Morgan fingerprint density at radius 3 is 2.90 bits per heavy atom. The van der Waals surface area contributed by atoms with E-state index in [4.69, 9.17) is 10.00 Å². The van der Waals surface area contributed by atoms with Crippen LogP contribution in [0.3, 0.4) is 0 Å². The van der Waals surface area contributed by atoms with Crippen LogP contribution in [-0.4, -0.2) is 41.4 Å². The number of aromatic hydroxyl groups is 1. The standard InChI is InChI=1S/C19H18F3N3O3S/c1-2-28-17(27)12-5-6-25(16(8-12)19(20,21)22)18-24-14(10-29-18)13-7-11(9-23)3-4-15(13)26/h3-4,7,10,12,16,26H,2,5-6,8H2,1H3. The number of carbonyl (C=O) groups excluding carboxylic acids is 1. The minimum Gasteiger partial charge on any atom is -0.507 e. The summed E-state index contributed by atoms with van der Waals surface area (Å²) in [4.78, 5) is 17.3. The van der Waals surface area contributed by atoms with Crippen LogP contribution >= 0.6 is 11.3 Å². The first-order valence-corrected chi connectivity index (χ1v) is 9.81. The molecular formula is C19H18F3N3O3S. The first kappa shape index (κ1) is 20.9. The van der Waals surface area contributed by atoms with E-state index in [0.29, 0.717) is 5.56 Å². The molecule has 6 nitrogen and oxygen atoms in total. The molecule has 2 aromatic rings. The molecule has 1 fully saturated rings. The second-order valence-corrected chi connectivity index (χ2v) is 7.42. The predicted octanol–water partition coefficient (Wildman–Crippen LogP) is 4.10. The minimum atomic E-state index is -4.54. The molecule has 29 heavy (non-hydrogen) atoms. The highest BCUT2D eigenvalue weighted by atomic mass is 32.1. The molecule has 1 aromatic carbocycles. The molecule has 2 atom stereocenters. The Labute approximate surface area is 169 Å². The van der Waals surface area contributed by atoms with Gasteiger partial charge in [-0.1, -0.05) is 0 Å². The Bertz CT molecular complexity index is 939. The fourth-order valence-electron chi connectivity index (χ4n) is 3.31. The third-order valence-electron chi connectivity index (χ3n) is 4.74. The van der Waals surface area contributed by atoms with Crippen molar-refractivity contribution < 1.29 is 27.8 Å². The Morgan fingerprint density at radius 1 is 1.48 bits per heavy atom. The molecule has 1 saturated heterocycles. The summed E-state index contributed by atoms with van der Waals surface area (Å²) in [5.41, 5.74) is 0.861. The lowest BCUT2D eigenvalue weighted by molar-refractivity contribution is -0.164. The Kier molecular flexibility index (Phi) is 5.98. The highest BCUT2D eigenvalue weighted by molar-refractivity contribution is 7.14. The van der Waals surface area contributed by atoms with Gasteiger partial charge in [-0.05, 0) is 38.0 Å². The number of hydrogen-bond donors (Lipinski definition) is 1. The van der Waals surface area contributed by atoms with Crippen molar-refractivity contribution in [2.75, 3.05) is 18.1 Å². The average Bonchev–Trinajstić information content (AvgIpc) is 3.17. The van der Waals surface area contributed by atoms with Crippen LogP contribution in [-0.2, 0) is 9.53 Å². The number of benzene rings is 1. The molecule has 2 unspecified atom stereocenters. The number of phenolic OH excluding ortho intramolecular Hbond substituents is 1. The van der Waals surface area contributed by atoms with Crippen molar-refractivity contribution in [3.05, 3.63) is 29.1 Å². The number of hydrogen-bond acceptors (Lipinski definition) is 7. The average molecular weight is 425 g/mol. The van der Waals surface area contributed by atoms with E-state index in [1.54, 1.807) is 6.92 Å². The van der Waals surface area contributed by atoms with E-state index >= 15 is 0 Å². The maximum atomic E-state index is 13.7. The number of nitriles is 1. The van der Waals surface area contributed by atoms with Crippen LogP contribution in [0.25, 0.3) is 11.3 Å². The van der Waals surface area contributed by atoms with Gasteiger partial charge in [-0.15, -0.1) is 11.3 Å². The Balaban J connectivity index is 1.88. The summed E-state index contributed by atoms with van der Waals surface area (Å²) in [5, 5.41) is 20.7. The summed E-state index contributed by atoms with van der Waals surface area (Å²) >= 11 is 1.02. The normalized spacial score (nSPS) is 19.6. The van der Waals surface area contributed by atoms with Crippen LogP contribution in [0.2, 0.25) is 0 Å². The summed E-state index contributed by atoms with van der Waals surface area (Å²) < 4.78 is 46.0. The summed E-state index contributed by atoms with van der Waals surface area (Å²) in [6, 6.07) is 4.30. The molecule has 0 aliphatic carbocycles. The molecule has 0 spiro atoms. The number of thiazole rings is 1. The van der Waals surface area contributed by atoms with E-state index < -0.39 is 30.5 Å². The van der Waals surface area contributed by atoms with Gasteiger partial charge in [-0.25, -0.2) is 4.98 Å². The molecule has 2 heterocycles. The van der Waals surface area contributed by atoms with E-state index in [1.165, 1.54) is 23.6 Å². The van der Waals surface area contributed by atoms with Crippen LogP contribution in [0, 0.1) is 17.2 Å². The molecule has 1 N–H and O–H groups in total. The molecular weight excluding hydrogens is 407 g/mol. The van der Waals surface area contributed by atoms with E-state index in [2.05, 4.69) is 4.98 Å². The summed E-state index contributed by atoms with van der Waals surface area (Å²) in [6.45, 7) is 1.74. The van der Waals surface area contributed by atoms with Crippen molar-refractivity contribution in [3.63, 3.8) is 0 Å². The van der Waals surface area contributed by atoms with Gasteiger partial charge < -0.3 is 14.7 Å². The third-order valence-corrected chi connectivity index (χ3v) is 5.62. The molecule has 3 rings (SSSR count). The second kappa shape index (κ2) is 8.29. The second-order valence-electron chi connectivity index (χ2n) is 6.58. The maximum Gasteiger partial charge on any atom is 0.408 e. The van der Waals surface area contributed by atoms with Crippen molar-refractivity contribution in [3.8, 4) is 23.1 Å². The number of aromatic nitrogens is 1. The first-order valence-electron chi connectivity index (χ1n) is 8.93. The number of anilines is 1. The van der Waals surface area contributed by atoms with Gasteiger partial charge in [-0.2, -0.15) is 18.4 Å². The van der Waals surface area contributed by atoms with E-state index in [1.807, 2.05) is 6.07 Å². The van der Waals surface area contributed by atoms with Crippen LogP contribution < -0.4 is 4.90 Å². The highest BCUT2D eigenvalue weighted by Crippen LogP contribution is 2.40. The summed E-state index contributed by atoms with van der Waals surface area (Å²) in [5.74, 6) is -1.54. The number of nitrogens with zero attached hydrogens (tertiary/aromatic N) is 3. The maximum absolute atomic E-state index is 13.7. The van der Waals surface area contributed by atoms with Crippen LogP contribution in [0.4, 0.5) is 18.3 Å². The summed E-state index contributed by atoms with van der Waals surface area (Å²) in [6.07, 6.45) is -4.71. The van der Waals surface area contributed by atoms with Gasteiger partial charge in [-0.3, -0.25) is 4.79 Å². The van der Waals surface area contributed by atoms with E-state index in [9.17, 15) is 23.1 Å². The molecule has 0 radical (unpaired) electrons. The number of alkyl halides is 3. The van der Waals surface area contributed by atoms with E-state index in [0.717, 1.165) is 16.2 Å². The lowest BCUT2D eigenvalue weighted by atomic mass is 9.91. The number of carbonyl (C=O) groups is 1. The fraction of sp³-hybridized carbons (Fsp3) is 0.421. The minimum absolute atomic E-state index is 0.00479. The van der Waals surface area contributed by atoms with Crippen molar-refractivity contribution in [1.29, 1.82) is 5.26 Å². The SMILES string of the molecule is CCOC(=O)C1CCN(c2nc(-c3cc(C#N)ccc3O)cs2)C(C(F)(F)F)C1. The van der Waals surface area contributed by atoms with Crippen molar-refractivity contribution in [2.45, 2.75) is 32.0 Å². The number of esters is 1. The van der Waals surface area contributed by atoms with Crippen molar-refractivity contribution in [1.82, 2.24) is 4.98 Å². The van der Waals surface area contributed by atoms with Gasteiger partial charge in [0.1, 0.15) is 11.8 Å². The predicted molar refractivity (Wildman–Crippen MR) is 100 cm³/mol. The molecule has 1 aromatic heterocycles. The molecule has 1 aliphatic rings. The molecule has 154 valence electrons. The number of phenols is 1. The van der Waals surface area contributed by atoms with Crippen LogP contribution in [0.15, 0.2) is 23.6 Å². The highest BCUT2D eigenvalue weighted by Gasteiger charge is 2.49. The zero-order chi connectivity index (χ0) is 21.2. The zero-order valence-corrected chi connectivity index (χ0v) is 16.3. The van der Waals surface area contributed by atoms with Gasteiger partial charge in [0.15, 0.2) is 5.13 Å². The van der Waals surface area contributed by atoms with Crippen LogP contribution in [0.5, 0.6) is 5.75 Å². The lowest BCUT2D eigenvalue weighted by Crippen LogP contribution is -2.52. The number of ether oxygens (including phenoxy) is 1. The molecule has 0 bridgehead atoms.